The Labute approximate surface area is 140 Å². The minimum absolute atomic E-state index is 0.602. The Bertz CT molecular complexity index is 565. The van der Waals surface area contributed by atoms with Gasteiger partial charge in [-0.05, 0) is 47.9 Å². The molecule has 1 aliphatic carbocycles. The van der Waals surface area contributed by atoms with Crippen molar-refractivity contribution in [3.05, 3.63) is 23.3 Å². The summed E-state index contributed by atoms with van der Waals surface area (Å²) in [5.74, 6) is 3.63. The Morgan fingerprint density at radius 3 is 2.43 bits per heavy atom. The Morgan fingerprint density at radius 1 is 0.957 bits per heavy atom. The molecule has 0 unspecified atom stereocenters. The lowest BCUT2D eigenvalue weighted by Gasteiger charge is -2.32. The van der Waals surface area contributed by atoms with Crippen LogP contribution in [0.4, 0.5) is 0 Å². The topological polar surface area (TPSA) is 21.7 Å². The molecule has 23 heavy (non-hydrogen) atoms. The number of nitrogens with zero attached hydrogens (tertiary/aromatic N) is 1. The number of rotatable bonds is 3. The number of benzene rings is 1. The van der Waals surface area contributed by atoms with E-state index in [1.54, 1.807) is 14.2 Å². The molecule has 3 aliphatic rings. The first-order valence-electron chi connectivity index (χ1n) is 9.29. The van der Waals surface area contributed by atoms with Crippen molar-refractivity contribution in [2.45, 2.75) is 51.0 Å². The van der Waals surface area contributed by atoms with Crippen LogP contribution in [-0.2, 0) is 6.42 Å². The van der Waals surface area contributed by atoms with Crippen molar-refractivity contribution in [1.82, 2.24) is 4.90 Å². The zero-order valence-electron chi connectivity index (χ0n) is 14.5. The van der Waals surface area contributed by atoms with Gasteiger partial charge in [-0.3, -0.25) is 4.90 Å². The van der Waals surface area contributed by atoms with Gasteiger partial charge < -0.3 is 9.47 Å². The van der Waals surface area contributed by atoms with Gasteiger partial charge in [0.05, 0.1) is 14.2 Å². The average molecular weight is 315 g/mol. The number of methoxy groups -OCH3 is 2. The van der Waals surface area contributed by atoms with Crippen molar-refractivity contribution >= 4 is 0 Å². The van der Waals surface area contributed by atoms with E-state index in [4.69, 9.17) is 9.47 Å². The first kappa shape index (κ1) is 15.3. The highest BCUT2D eigenvalue weighted by molar-refractivity contribution is 5.49. The molecule has 126 valence electrons. The van der Waals surface area contributed by atoms with E-state index in [1.807, 2.05) is 0 Å². The first-order valence-corrected chi connectivity index (χ1v) is 9.29. The quantitative estimate of drug-likeness (QED) is 0.834. The molecule has 2 fully saturated rings. The summed E-state index contributed by atoms with van der Waals surface area (Å²) in [5.41, 5.74) is 2.96. The molecule has 0 amide bonds. The van der Waals surface area contributed by atoms with E-state index >= 15 is 0 Å². The van der Waals surface area contributed by atoms with Gasteiger partial charge in [-0.2, -0.15) is 0 Å². The van der Waals surface area contributed by atoms with E-state index in [2.05, 4.69) is 17.0 Å². The third kappa shape index (κ3) is 2.73. The largest absolute Gasteiger partial charge is 0.493 e. The van der Waals surface area contributed by atoms with E-state index in [-0.39, 0.29) is 0 Å². The molecule has 1 aromatic rings. The van der Waals surface area contributed by atoms with E-state index in [1.165, 1.54) is 62.7 Å². The monoisotopic (exact) mass is 315 g/mol. The fourth-order valence-electron chi connectivity index (χ4n) is 5.18. The second kappa shape index (κ2) is 6.35. The van der Waals surface area contributed by atoms with E-state index in [0.717, 1.165) is 29.8 Å². The highest BCUT2D eigenvalue weighted by atomic mass is 16.5. The van der Waals surface area contributed by atoms with Crippen molar-refractivity contribution < 1.29 is 9.47 Å². The Morgan fingerprint density at radius 2 is 1.70 bits per heavy atom. The highest BCUT2D eigenvalue weighted by Crippen LogP contribution is 2.47. The summed E-state index contributed by atoms with van der Waals surface area (Å²) in [6, 6.07) is 5.05. The van der Waals surface area contributed by atoms with Gasteiger partial charge in [-0.1, -0.05) is 32.1 Å². The Hall–Kier alpha value is -1.22. The maximum atomic E-state index is 5.55. The molecule has 0 bridgehead atoms. The van der Waals surface area contributed by atoms with Crippen molar-refractivity contribution in [3.63, 3.8) is 0 Å². The molecule has 1 aromatic carbocycles. The number of ether oxygens (including phenoxy) is 2. The minimum atomic E-state index is 0.602. The van der Waals surface area contributed by atoms with Crippen molar-refractivity contribution in [3.8, 4) is 11.5 Å². The molecule has 0 radical (unpaired) electrons. The predicted octanol–water partition coefficient (Wildman–Crippen LogP) is 4.20. The maximum absolute atomic E-state index is 5.55. The minimum Gasteiger partial charge on any atom is -0.493 e. The fraction of sp³-hybridized carbons (Fsp3) is 0.700. The molecule has 3 nitrogen and oxygen atoms in total. The lowest BCUT2D eigenvalue weighted by Crippen LogP contribution is -2.32. The van der Waals surface area contributed by atoms with E-state index < -0.39 is 0 Å². The Kier molecular flexibility index (Phi) is 4.23. The van der Waals surface area contributed by atoms with Crippen molar-refractivity contribution in [2.24, 2.45) is 11.8 Å². The number of hydrogen-bond acceptors (Lipinski definition) is 3. The van der Waals surface area contributed by atoms with Crippen LogP contribution >= 0.6 is 0 Å². The summed E-state index contributed by atoms with van der Waals surface area (Å²) in [6.45, 7) is 2.51. The molecule has 0 spiro atoms. The van der Waals surface area contributed by atoms with Crippen molar-refractivity contribution in [1.29, 1.82) is 0 Å². The second-order valence-electron chi connectivity index (χ2n) is 7.56. The molecule has 2 heterocycles. The van der Waals surface area contributed by atoms with Crippen LogP contribution in [0, 0.1) is 11.8 Å². The molecule has 4 rings (SSSR count). The number of fused-ring (bicyclic) bond motifs is 3. The van der Waals surface area contributed by atoms with Gasteiger partial charge in [0.25, 0.3) is 0 Å². The smallest absolute Gasteiger partial charge is 0.161 e. The molecule has 0 N–H and O–H groups in total. The molecular weight excluding hydrogens is 286 g/mol. The molecule has 3 heteroatoms. The summed E-state index contributed by atoms with van der Waals surface area (Å²) in [5, 5.41) is 0. The zero-order valence-corrected chi connectivity index (χ0v) is 14.5. The average Bonchev–Trinajstić information content (AvgIpc) is 3.06. The molecule has 1 saturated carbocycles. The van der Waals surface area contributed by atoms with Gasteiger partial charge in [0, 0.05) is 19.1 Å². The third-order valence-electron chi connectivity index (χ3n) is 6.43. The molecular formula is C20H29NO2. The van der Waals surface area contributed by atoms with Crippen LogP contribution in [0.1, 0.15) is 55.7 Å². The lowest BCUT2D eigenvalue weighted by molar-refractivity contribution is 0.219. The van der Waals surface area contributed by atoms with E-state index in [9.17, 15) is 0 Å². The van der Waals surface area contributed by atoms with Crippen LogP contribution in [0.15, 0.2) is 12.1 Å². The van der Waals surface area contributed by atoms with Gasteiger partial charge in [0.15, 0.2) is 11.5 Å². The van der Waals surface area contributed by atoms with Gasteiger partial charge in [0.1, 0.15) is 0 Å². The van der Waals surface area contributed by atoms with Crippen molar-refractivity contribution in [2.75, 3.05) is 27.3 Å². The Balaban J connectivity index is 1.59. The summed E-state index contributed by atoms with van der Waals surface area (Å²) in [4.78, 5) is 2.73. The van der Waals surface area contributed by atoms with E-state index in [0.29, 0.717) is 6.04 Å². The molecule has 0 aromatic heterocycles. The van der Waals surface area contributed by atoms with Crippen LogP contribution in [0.3, 0.4) is 0 Å². The summed E-state index contributed by atoms with van der Waals surface area (Å²) < 4.78 is 11.0. The summed E-state index contributed by atoms with van der Waals surface area (Å²) >= 11 is 0. The standard InChI is InChI=1S/C20H29NO2/c1-22-19-11-15-8-9-21-13-16(14-6-4-3-5-7-14)10-18(21)17(15)12-20(19)23-2/h11-12,14,16,18H,3-10,13H2,1-2H3/t16-,18+/m1/s1. The second-order valence-corrected chi connectivity index (χ2v) is 7.56. The third-order valence-corrected chi connectivity index (χ3v) is 6.43. The number of hydrogen-bond donors (Lipinski definition) is 0. The van der Waals surface area contributed by atoms with Gasteiger partial charge in [0.2, 0.25) is 0 Å². The van der Waals surface area contributed by atoms with Crippen LogP contribution in [0.25, 0.3) is 0 Å². The van der Waals surface area contributed by atoms with Gasteiger partial charge >= 0.3 is 0 Å². The normalized spacial score (nSPS) is 28.3. The molecule has 2 aliphatic heterocycles. The van der Waals surface area contributed by atoms with Crippen LogP contribution in [0.5, 0.6) is 11.5 Å². The summed E-state index contributed by atoms with van der Waals surface area (Å²) in [7, 11) is 3.47. The van der Waals surface area contributed by atoms with Gasteiger partial charge in [-0.25, -0.2) is 0 Å². The fourth-order valence-corrected chi connectivity index (χ4v) is 5.18. The van der Waals surface area contributed by atoms with Crippen LogP contribution < -0.4 is 9.47 Å². The van der Waals surface area contributed by atoms with Crippen LogP contribution in [-0.4, -0.2) is 32.2 Å². The highest BCUT2D eigenvalue weighted by Gasteiger charge is 2.40. The van der Waals surface area contributed by atoms with Crippen LogP contribution in [0.2, 0.25) is 0 Å². The maximum Gasteiger partial charge on any atom is 0.161 e. The first-order chi connectivity index (χ1) is 11.3. The molecule has 1 saturated heterocycles. The van der Waals surface area contributed by atoms with Gasteiger partial charge in [-0.15, -0.1) is 0 Å². The molecule has 2 atom stereocenters. The predicted molar refractivity (Wildman–Crippen MR) is 92.2 cm³/mol. The SMILES string of the molecule is COc1cc2c(cc1OC)[C@@H]1C[C@@H](C3CCCCC3)CN1CC2. The zero-order chi connectivity index (χ0) is 15.8. The summed E-state index contributed by atoms with van der Waals surface area (Å²) in [6.07, 6.45) is 9.77. The lowest BCUT2D eigenvalue weighted by atomic mass is 9.78.